The highest BCUT2D eigenvalue weighted by atomic mass is 79.9. The summed E-state index contributed by atoms with van der Waals surface area (Å²) in [5, 5.41) is 7.26. The van der Waals surface area contributed by atoms with Crippen molar-refractivity contribution in [2.75, 3.05) is 6.54 Å². The number of amides is 1. The van der Waals surface area contributed by atoms with E-state index in [-0.39, 0.29) is 24.1 Å². The standard InChI is InChI=1S/C19H26BrN3O3/c1-11(2)26-16(24)9-21-18(25)17-15(20)10-23(22-17)19-6-12-3-13(7-19)5-14(4-12)8-19/h10-14H,3-9H2,1-2H3,(H,21,25). The summed E-state index contributed by atoms with van der Waals surface area (Å²) in [6.45, 7) is 3.42. The summed E-state index contributed by atoms with van der Waals surface area (Å²) in [6, 6.07) is 0. The molecule has 0 atom stereocenters. The van der Waals surface area contributed by atoms with E-state index in [0.29, 0.717) is 10.2 Å². The SMILES string of the molecule is CC(C)OC(=O)CNC(=O)c1nn(C23CC4CC(CC(C4)C2)C3)cc1Br. The molecule has 4 fully saturated rings. The van der Waals surface area contributed by atoms with Gasteiger partial charge in [0.25, 0.3) is 5.91 Å². The number of hydrogen-bond donors (Lipinski definition) is 1. The van der Waals surface area contributed by atoms with E-state index in [0.717, 1.165) is 17.8 Å². The van der Waals surface area contributed by atoms with Gasteiger partial charge in [0.05, 0.1) is 16.1 Å². The molecule has 0 radical (unpaired) electrons. The number of nitrogens with zero attached hydrogens (tertiary/aromatic N) is 2. The Bertz CT molecular complexity index is 692. The molecule has 1 amide bonds. The molecule has 0 aromatic carbocycles. The van der Waals surface area contributed by atoms with Crippen molar-refractivity contribution in [1.82, 2.24) is 15.1 Å². The van der Waals surface area contributed by atoms with E-state index in [2.05, 4.69) is 26.3 Å². The number of aromatic nitrogens is 2. The van der Waals surface area contributed by atoms with Crippen LogP contribution in [0.5, 0.6) is 0 Å². The highest BCUT2D eigenvalue weighted by Crippen LogP contribution is 2.58. The minimum absolute atomic E-state index is 0.0758. The molecular formula is C19H26BrN3O3. The maximum atomic E-state index is 12.5. The van der Waals surface area contributed by atoms with Crippen molar-refractivity contribution in [3.05, 3.63) is 16.4 Å². The van der Waals surface area contributed by atoms with Crippen LogP contribution in [-0.2, 0) is 15.1 Å². The topological polar surface area (TPSA) is 73.2 Å². The number of rotatable bonds is 5. The molecule has 0 aliphatic heterocycles. The Morgan fingerprint density at radius 1 is 1.27 bits per heavy atom. The fraction of sp³-hybridized carbons (Fsp3) is 0.737. The summed E-state index contributed by atoms with van der Waals surface area (Å²) in [4.78, 5) is 24.1. The molecule has 5 rings (SSSR count). The molecule has 1 N–H and O–H groups in total. The van der Waals surface area contributed by atoms with E-state index in [9.17, 15) is 9.59 Å². The third-order valence-electron chi connectivity index (χ3n) is 6.14. The number of carbonyl (C=O) groups is 2. The van der Waals surface area contributed by atoms with Crippen LogP contribution in [0, 0.1) is 17.8 Å². The molecule has 6 nitrogen and oxygen atoms in total. The van der Waals surface area contributed by atoms with Crippen molar-refractivity contribution >= 4 is 27.8 Å². The molecule has 4 aliphatic carbocycles. The van der Waals surface area contributed by atoms with Crippen LogP contribution in [-0.4, -0.2) is 34.3 Å². The minimum atomic E-state index is -0.440. The van der Waals surface area contributed by atoms with E-state index >= 15 is 0 Å². The lowest BCUT2D eigenvalue weighted by Crippen LogP contribution is -2.52. The Balaban J connectivity index is 1.48. The van der Waals surface area contributed by atoms with Crippen LogP contribution in [0.25, 0.3) is 0 Å². The lowest BCUT2D eigenvalue weighted by molar-refractivity contribution is -0.146. The van der Waals surface area contributed by atoms with Crippen molar-refractivity contribution in [1.29, 1.82) is 0 Å². The van der Waals surface area contributed by atoms with Crippen molar-refractivity contribution in [2.45, 2.75) is 64.0 Å². The zero-order chi connectivity index (χ0) is 18.5. The van der Waals surface area contributed by atoms with Gasteiger partial charge < -0.3 is 10.1 Å². The first-order valence-electron chi connectivity index (χ1n) is 9.58. The summed E-state index contributed by atoms with van der Waals surface area (Å²) in [6.07, 6.45) is 9.39. The van der Waals surface area contributed by atoms with Crippen LogP contribution < -0.4 is 5.32 Å². The largest absolute Gasteiger partial charge is 0.462 e. The van der Waals surface area contributed by atoms with E-state index in [1.165, 1.54) is 38.5 Å². The molecule has 1 aromatic rings. The van der Waals surface area contributed by atoms with E-state index in [1.807, 2.05) is 10.9 Å². The summed E-state index contributed by atoms with van der Waals surface area (Å²) in [5.41, 5.74) is 0.421. The third kappa shape index (κ3) is 3.30. The van der Waals surface area contributed by atoms with E-state index < -0.39 is 5.97 Å². The first kappa shape index (κ1) is 18.0. The molecule has 4 saturated carbocycles. The monoisotopic (exact) mass is 423 g/mol. The Morgan fingerprint density at radius 3 is 2.38 bits per heavy atom. The maximum Gasteiger partial charge on any atom is 0.325 e. The van der Waals surface area contributed by atoms with Crippen LogP contribution in [0.4, 0.5) is 0 Å². The van der Waals surface area contributed by atoms with Gasteiger partial charge >= 0.3 is 5.97 Å². The van der Waals surface area contributed by atoms with Crippen LogP contribution in [0.15, 0.2) is 10.7 Å². The van der Waals surface area contributed by atoms with Gasteiger partial charge in [-0.05, 0) is 86.1 Å². The second-order valence-corrected chi connectivity index (χ2v) is 9.49. The normalized spacial score (nSPS) is 32.1. The number of hydrogen-bond acceptors (Lipinski definition) is 4. The second kappa shape index (κ2) is 6.66. The van der Waals surface area contributed by atoms with Crippen LogP contribution in [0.2, 0.25) is 0 Å². The van der Waals surface area contributed by atoms with Gasteiger partial charge in [-0.3, -0.25) is 14.3 Å². The Hall–Kier alpha value is -1.37. The quantitative estimate of drug-likeness (QED) is 0.737. The van der Waals surface area contributed by atoms with Crippen molar-refractivity contribution in [3.63, 3.8) is 0 Å². The number of ether oxygens (including phenoxy) is 1. The molecule has 0 spiro atoms. The zero-order valence-corrected chi connectivity index (χ0v) is 16.9. The van der Waals surface area contributed by atoms with Gasteiger partial charge in [0.2, 0.25) is 0 Å². The molecule has 0 unspecified atom stereocenters. The Morgan fingerprint density at radius 2 is 1.85 bits per heavy atom. The molecule has 1 heterocycles. The fourth-order valence-electron chi connectivity index (χ4n) is 5.64. The van der Waals surface area contributed by atoms with Gasteiger partial charge in [0, 0.05) is 6.20 Å². The predicted molar refractivity (Wildman–Crippen MR) is 99.6 cm³/mol. The van der Waals surface area contributed by atoms with Crippen LogP contribution in [0.1, 0.15) is 62.9 Å². The lowest BCUT2D eigenvalue weighted by Gasteiger charge is -2.56. The fourth-order valence-corrected chi connectivity index (χ4v) is 6.09. The van der Waals surface area contributed by atoms with Gasteiger partial charge in [0.1, 0.15) is 6.54 Å². The van der Waals surface area contributed by atoms with Gasteiger partial charge in [-0.25, -0.2) is 0 Å². The summed E-state index contributed by atoms with van der Waals surface area (Å²) in [5.74, 6) is 1.65. The molecule has 0 saturated heterocycles. The van der Waals surface area contributed by atoms with Crippen molar-refractivity contribution < 1.29 is 14.3 Å². The third-order valence-corrected chi connectivity index (χ3v) is 6.72. The molecule has 142 valence electrons. The average Bonchev–Trinajstić information content (AvgIpc) is 2.93. The number of carbonyl (C=O) groups excluding carboxylic acids is 2. The molecule has 1 aromatic heterocycles. The predicted octanol–water partition coefficient (Wildman–Crippen LogP) is 3.25. The van der Waals surface area contributed by atoms with Gasteiger partial charge in [-0.15, -0.1) is 0 Å². The highest BCUT2D eigenvalue weighted by Gasteiger charge is 2.52. The van der Waals surface area contributed by atoms with Gasteiger partial charge in [0.15, 0.2) is 5.69 Å². The molecule has 4 aliphatic rings. The molecule has 4 bridgehead atoms. The van der Waals surface area contributed by atoms with Crippen molar-refractivity contribution in [2.24, 2.45) is 17.8 Å². The zero-order valence-electron chi connectivity index (χ0n) is 15.3. The molecular weight excluding hydrogens is 398 g/mol. The second-order valence-electron chi connectivity index (χ2n) is 8.63. The Kier molecular flexibility index (Phi) is 4.61. The highest BCUT2D eigenvalue weighted by molar-refractivity contribution is 9.10. The maximum absolute atomic E-state index is 12.5. The van der Waals surface area contributed by atoms with Gasteiger partial charge in [-0.2, -0.15) is 5.10 Å². The smallest absolute Gasteiger partial charge is 0.325 e. The number of esters is 1. The number of nitrogens with one attached hydrogen (secondary N) is 1. The molecule has 7 heteroatoms. The first-order chi connectivity index (χ1) is 12.3. The average molecular weight is 424 g/mol. The van der Waals surface area contributed by atoms with Crippen molar-refractivity contribution in [3.8, 4) is 0 Å². The summed E-state index contributed by atoms with van der Waals surface area (Å²) in [7, 11) is 0. The molecule has 26 heavy (non-hydrogen) atoms. The van der Waals surface area contributed by atoms with Crippen LogP contribution >= 0.6 is 15.9 Å². The number of halogens is 1. The van der Waals surface area contributed by atoms with Gasteiger partial charge in [-0.1, -0.05) is 0 Å². The Labute approximate surface area is 162 Å². The minimum Gasteiger partial charge on any atom is -0.462 e. The van der Waals surface area contributed by atoms with Crippen LogP contribution in [0.3, 0.4) is 0 Å². The lowest BCUT2D eigenvalue weighted by atomic mass is 9.53. The summed E-state index contributed by atoms with van der Waals surface area (Å²) >= 11 is 3.48. The first-order valence-corrected chi connectivity index (χ1v) is 10.4. The summed E-state index contributed by atoms with van der Waals surface area (Å²) < 4.78 is 7.77. The van der Waals surface area contributed by atoms with E-state index in [1.54, 1.807) is 13.8 Å². The van der Waals surface area contributed by atoms with E-state index in [4.69, 9.17) is 4.74 Å².